The SMILES string of the molecule is Br.CCOP(=O)(OCC)C1=Cc2ccccc2NC1. The van der Waals surface area contributed by atoms with E-state index in [4.69, 9.17) is 9.05 Å². The van der Waals surface area contributed by atoms with Crippen LogP contribution in [-0.4, -0.2) is 19.8 Å². The largest absolute Gasteiger partial charge is 0.380 e. The Labute approximate surface area is 124 Å². The Kier molecular flexibility index (Phi) is 6.27. The standard InChI is InChI=1S/C13H18NO3P.BrH/c1-3-16-18(15,17-4-2)12-9-11-7-5-6-8-13(11)14-10-12;/h5-9,14H,3-4,10H2,1-2H3;1H. The zero-order valence-electron chi connectivity index (χ0n) is 11.1. The number of anilines is 1. The molecule has 0 aliphatic carbocycles. The summed E-state index contributed by atoms with van der Waals surface area (Å²) in [7, 11) is -3.15. The van der Waals surface area contributed by atoms with E-state index in [0.717, 1.165) is 11.3 Å². The van der Waals surface area contributed by atoms with Crippen molar-refractivity contribution in [3.8, 4) is 0 Å². The number of fused-ring (bicyclic) bond motifs is 1. The molecule has 1 aliphatic rings. The summed E-state index contributed by atoms with van der Waals surface area (Å²) < 4.78 is 23.3. The highest BCUT2D eigenvalue weighted by Gasteiger charge is 2.31. The van der Waals surface area contributed by atoms with E-state index in [0.29, 0.717) is 25.1 Å². The van der Waals surface area contributed by atoms with E-state index in [9.17, 15) is 4.57 Å². The predicted octanol–water partition coefficient (Wildman–Crippen LogP) is 4.30. The number of nitrogens with one attached hydrogen (secondary N) is 1. The van der Waals surface area contributed by atoms with Crippen LogP contribution < -0.4 is 5.32 Å². The fourth-order valence-corrected chi connectivity index (χ4v) is 3.57. The monoisotopic (exact) mass is 347 g/mol. The van der Waals surface area contributed by atoms with Crippen molar-refractivity contribution in [1.29, 1.82) is 0 Å². The van der Waals surface area contributed by atoms with Gasteiger partial charge in [-0.15, -0.1) is 17.0 Å². The normalized spacial score (nSPS) is 13.9. The highest BCUT2D eigenvalue weighted by molar-refractivity contribution is 8.93. The van der Waals surface area contributed by atoms with Crippen LogP contribution in [0.4, 0.5) is 5.69 Å². The third kappa shape index (κ3) is 3.69. The van der Waals surface area contributed by atoms with Gasteiger partial charge in [-0.3, -0.25) is 4.57 Å². The first-order chi connectivity index (χ1) is 8.69. The van der Waals surface area contributed by atoms with Crippen LogP contribution >= 0.6 is 24.6 Å². The van der Waals surface area contributed by atoms with Crippen molar-refractivity contribution >= 4 is 36.3 Å². The topological polar surface area (TPSA) is 47.6 Å². The first-order valence-electron chi connectivity index (χ1n) is 6.12. The molecule has 1 aromatic carbocycles. The second-order valence-electron chi connectivity index (χ2n) is 3.91. The Balaban J connectivity index is 0.00000180. The molecule has 4 nitrogen and oxygen atoms in total. The van der Waals surface area contributed by atoms with E-state index >= 15 is 0 Å². The second-order valence-corrected chi connectivity index (χ2v) is 6.00. The summed E-state index contributed by atoms with van der Waals surface area (Å²) in [5.74, 6) is 0. The lowest BCUT2D eigenvalue weighted by Gasteiger charge is -2.24. The first kappa shape index (κ1) is 16.4. The average Bonchev–Trinajstić information content (AvgIpc) is 2.39. The molecule has 0 radical (unpaired) electrons. The molecule has 2 rings (SSSR count). The fourth-order valence-electron chi connectivity index (χ4n) is 1.92. The van der Waals surface area contributed by atoms with Crippen LogP contribution in [0.15, 0.2) is 29.6 Å². The van der Waals surface area contributed by atoms with E-state index in [1.54, 1.807) is 0 Å². The van der Waals surface area contributed by atoms with Gasteiger partial charge in [0.15, 0.2) is 0 Å². The van der Waals surface area contributed by atoms with Crippen molar-refractivity contribution in [3.63, 3.8) is 0 Å². The van der Waals surface area contributed by atoms with E-state index in [1.165, 1.54) is 0 Å². The van der Waals surface area contributed by atoms with Crippen LogP contribution in [0.25, 0.3) is 6.08 Å². The molecule has 0 amide bonds. The van der Waals surface area contributed by atoms with Crippen LogP contribution in [0.5, 0.6) is 0 Å². The van der Waals surface area contributed by atoms with Gasteiger partial charge in [-0.05, 0) is 31.6 Å². The molecule has 19 heavy (non-hydrogen) atoms. The maximum Gasteiger partial charge on any atom is 0.359 e. The van der Waals surface area contributed by atoms with Gasteiger partial charge >= 0.3 is 7.60 Å². The van der Waals surface area contributed by atoms with Crippen LogP contribution in [0.1, 0.15) is 19.4 Å². The quantitative estimate of drug-likeness (QED) is 0.806. The Morgan fingerprint density at radius 2 is 1.84 bits per heavy atom. The number of para-hydroxylation sites is 1. The predicted molar refractivity (Wildman–Crippen MR) is 84.1 cm³/mol. The molecule has 1 N–H and O–H groups in total. The summed E-state index contributed by atoms with van der Waals surface area (Å²) in [6.07, 6.45) is 1.90. The van der Waals surface area contributed by atoms with E-state index in [2.05, 4.69) is 5.32 Å². The molecular weight excluding hydrogens is 329 g/mol. The maximum absolute atomic E-state index is 12.6. The average molecular weight is 348 g/mol. The lowest BCUT2D eigenvalue weighted by molar-refractivity contribution is 0.226. The van der Waals surface area contributed by atoms with Crippen molar-refractivity contribution < 1.29 is 13.6 Å². The van der Waals surface area contributed by atoms with Gasteiger partial charge in [-0.1, -0.05) is 18.2 Å². The molecule has 0 fully saturated rings. The number of hydrogen-bond donors (Lipinski definition) is 1. The molecule has 1 aliphatic heterocycles. The van der Waals surface area contributed by atoms with Gasteiger partial charge in [-0.25, -0.2) is 0 Å². The zero-order chi connectivity index (χ0) is 13.0. The highest BCUT2D eigenvalue weighted by atomic mass is 79.9. The third-order valence-electron chi connectivity index (χ3n) is 2.69. The molecule has 0 aromatic heterocycles. The van der Waals surface area contributed by atoms with Crippen LogP contribution in [0, 0.1) is 0 Å². The molecule has 0 spiro atoms. The number of hydrogen-bond acceptors (Lipinski definition) is 4. The number of halogens is 1. The number of benzene rings is 1. The minimum atomic E-state index is -3.15. The molecule has 1 heterocycles. The minimum absolute atomic E-state index is 0. The number of rotatable bonds is 5. The van der Waals surface area contributed by atoms with Gasteiger partial charge in [-0.2, -0.15) is 0 Å². The van der Waals surface area contributed by atoms with Gasteiger partial charge < -0.3 is 14.4 Å². The van der Waals surface area contributed by atoms with Crippen molar-refractivity contribution in [3.05, 3.63) is 35.1 Å². The van der Waals surface area contributed by atoms with Gasteiger partial charge in [0.05, 0.1) is 18.5 Å². The molecule has 106 valence electrons. The van der Waals surface area contributed by atoms with E-state index < -0.39 is 7.60 Å². The highest BCUT2D eigenvalue weighted by Crippen LogP contribution is 2.57. The van der Waals surface area contributed by atoms with Gasteiger partial charge in [0.1, 0.15) is 0 Å². The first-order valence-corrected chi connectivity index (χ1v) is 7.67. The van der Waals surface area contributed by atoms with Gasteiger partial charge in [0, 0.05) is 12.2 Å². The molecule has 0 saturated carbocycles. The summed E-state index contributed by atoms with van der Waals surface area (Å²) >= 11 is 0. The van der Waals surface area contributed by atoms with Crippen molar-refractivity contribution in [2.45, 2.75) is 13.8 Å². The van der Waals surface area contributed by atoms with Crippen molar-refractivity contribution in [2.24, 2.45) is 0 Å². The lowest BCUT2D eigenvalue weighted by Crippen LogP contribution is -2.13. The Bertz CT molecular complexity index is 494. The molecular formula is C13H19BrNO3P. The molecule has 6 heteroatoms. The van der Waals surface area contributed by atoms with Gasteiger partial charge in [0.2, 0.25) is 0 Å². The van der Waals surface area contributed by atoms with Crippen molar-refractivity contribution in [2.75, 3.05) is 25.1 Å². The van der Waals surface area contributed by atoms with Crippen LogP contribution in [-0.2, 0) is 13.6 Å². The summed E-state index contributed by atoms with van der Waals surface area (Å²) in [5.41, 5.74) is 2.05. The Morgan fingerprint density at radius 1 is 1.21 bits per heavy atom. The minimum Gasteiger partial charge on any atom is -0.380 e. The lowest BCUT2D eigenvalue weighted by atomic mass is 10.1. The zero-order valence-corrected chi connectivity index (χ0v) is 13.7. The maximum atomic E-state index is 12.6. The molecule has 0 bridgehead atoms. The fraction of sp³-hybridized carbons (Fsp3) is 0.385. The molecule has 0 saturated heterocycles. The van der Waals surface area contributed by atoms with E-state index in [-0.39, 0.29) is 17.0 Å². The van der Waals surface area contributed by atoms with Crippen molar-refractivity contribution in [1.82, 2.24) is 0 Å². The molecule has 0 unspecified atom stereocenters. The van der Waals surface area contributed by atoms with Crippen LogP contribution in [0.3, 0.4) is 0 Å². The summed E-state index contributed by atoms with van der Waals surface area (Å²) in [6, 6.07) is 7.89. The van der Waals surface area contributed by atoms with E-state index in [1.807, 2.05) is 44.2 Å². The summed E-state index contributed by atoms with van der Waals surface area (Å²) in [6.45, 7) is 4.87. The Morgan fingerprint density at radius 3 is 2.47 bits per heavy atom. The molecule has 0 atom stereocenters. The second kappa shape index (κ2) is 7.25. The molecule has 1 aromatic rings. The van der Waals surface area contributed by atoms with Crippen LogP contribution in [0.2, 0.25) is 0 Å². The van der Waals surface area contributed by atoms with Gasteiger partial charge in [0.25, 0.3) is 0 Å². The summed E-state index contributed by atoms with van der Waals surface area (Å²) in [5, 5.41) is 3.92. The smallest absolute Gasteiger partial charge is 0.359 e. The summed E-state index contributed by atoms with van der Waals surface area (Å²) in [4.78, 5) is 0. The Hall–Kier alpha value is -0.610. The third-order valence-corrected chi connectivity index (χ3v) is 4.88.